The maximum absolute atomic E-state index is 5.81. The van der Waals surface area contributed by atoms with Gasteiger partial charge in [0, 0.05) is 18.7 Å². The van der Waals surface area contributed by atoms with Crippen LogP contribution in [-0.2, 0) is 6.42 Å². The van der Waals surface area contributed by atoms with Crippen LogP contribution in [0.4, 0.5) is 5.69 Å². The van der Waals surface area contributed by atoms with Crippen LogP contribution in [0, 0.1) is 0 Å². The van der Waals surface area contributed by atoms with E-state index in [-0.39, 0.29) is 0 Å². The third kappa shape index (κ3) is 5.96. The van der Waals surface area contributed by atoms with E-state index in [0.29, 0.717) is 19.8 Å². The Morgan fingerprint density at radius 3 is 2.15 bits per heavy atom. The van der Waals surface area contributed by atoms with Crippen molar-refractivity contribution in [2.75, 3.05) is 32.2 Å². The van der Waals surface area contributed by atoms with Crippen LogP contribution in [0.15, 0.2) is 78.9 Å². The smallest absolute Gasteiger partial charge is 0.161 e. The third-order valence-corrected chi connectivity index (χ3v) is 4.11. The van der Waals surface area contributed by atoms with Gasteiger partial charge in [-0.05, 0) is 42.0 Å². The van der Waals surface area contributed by atoms with Gasteiger partial charge in [-0.1, -0.05) is 42.5 Å². The van der Waals surface area contributed by atoms with E-state index in [2.05, 4.69) is 17.4 Å². The fraction of sp³-hybridized carbons (Fsp3) is 0.217. The summed E-state index contributed by atoms with van der Waals surface area (Å²) in [7, 11) is 1.64. The molecule has 0 radical (unpaired) electrons. The largest absolute Gasteiger partial charge is 0.493 e. The molecule has 4 heteroatoms. The molecule has 0 aliphatic heterocycles. The molecule has 0 bridgehead atoms. The average Bonchev–Trinajstić information content (AvgIpc) is 2.73. The standard InChI is InChI=1S/C23H25NO3/c1-25-22-9-5-6-10-23(22)27-18-16-24-20-11-13-21(14-12-20)26-17-15-19-7-3-2-4-8-19/h2-14,24H,15-18H2,1H3. The number of benzene rings is 3. The first-order valence-corrected chi connectivity index (χ1v) is 9.11. The Balaban J connectivity index is 1.37. The number of para-hydroxylation sites is 2. The van der Waals surface area contributed by atoms with Crippen LogP contribution < -0.4 is 19.5 Å². The van der Waals surface area contributed by atoms with Crippen molar-refractivity contribution in [2.45, 2.75) is 6.42 Å². The number of ether oxygens (including phenoxy) is 3. The molecule has 0 spiro atoms. The summed E-state index contributed by atoms with van der Waals surface area (Å²) < 4.78 is 16.8. The minimum absolute atomic E-state index is 0.551. The zero-order valence-electron chi connectivity index (χ0n) is 15.6. The molecular weight excluding hydrogens is 338 g/mol. The molecule has 140 valence electrons. The Bertz CT molecular complexity index is 803. The SMILES string of the molecule is COc1ccccc1OCCNc1ccc(OCCc2ccccc2)cc1. The van der Waals surface area contributed by atoms with Gasteiger partial charge < -0.3 is 19.5 Å². The Labute approximate surface area is 160 Å². The number of hydrogen-bond acceptors (Lipinski definition) is 4. The van der Waals surface area contributed by atoms with Gasteiger partial charge in [-0.15, -0.1) is 0 Å². The van der Waals surface area contributed by atoms with Gasteiger partial charge in [0.2, 0.25) is 0 Å². The summed E-state index contributed by atoms with van der Waals surface area (Å²) in [5.74, 6) is 2.38. The van der Waals surface area contributed by atoms with E-state index in [0.717, 1.165) is 29.4 Å². The lowest BCUT2D eigenvalue weighted by Crippen LogP contribution is -2.11. The molecule has 3 aromatic carbocycles. The molecule has 1 N–H and O–H groups in total. The fourth-order valence-corrected chi connectivity index (χ4v) is 2.69. The van der Waals surface area contributed by atoms with Crippen LogP contribution in [0.25, 0.3) is 0 Å². The first-order valence-electron chi connectivity index (χ1n) is 9.11. The topological polar surface area (TPSA) is 39.7 Å². The lowest BCUT2D eigenvalue weighted by Gasteiger charge is -2.12. The third-order valence-electron chi connectivity index (χ3n) is 4.11. The van der Waals surface area contributed by atoms with E-state index in [1.165, 1.54) is 5.56 Å². The monoisotopic (exact) mass is 363 g/mol. The average molecular weight is 363 g/mol. The highest BCUT2D eigenvalue weighted by molar-refractivity contribution is 5.46. The van der Waals surface area contributed by atoms with Crippen molar-refractivity contribution in [3.8, 4) is 17.2 Å². The predicted molar refractivity (Wildman–Crippen MR) is 109 cm³/mol. The minimum atomic E-state index is 0.551. The number of rotatable bonds is 10. The molecule has 27 heavy (non-hydrogen) atoms. The van der Waals surface area contributed by atoms with Gasteiger partial charge in [0.15, 0.2) is 11.5 Å². The van der Waals surface area contributed by atoms with E-state index in [1.807, 2.05) is 66.7 Å². The van der Waals surface area contributed by atoms with Crippen LogP contribution in [-0.4, -0.2) is 26.9 Å². The molecule has 0 unspecified atom stereocenters. The van der Waals surface area contributed by atoms with Crippen molar-refractivity contribution in [3.63, 3.8) is 0 Å². The van der Waals surface area contributed by atoms with Gasteiger partial charge in [-0.2, -0.15) is 0 Å². The van der Waals surface area contributed by atoms with E-state index < -0.39 is 0 Å². The molecule has 0 aliphatic carbocycles. The van der Waals surface area contributed by atoms with E-state index >= 15 is 0 Å². The zero-order chi connectivity index (χ0) is 18.7. The second-order valence-corrected chi connectivity index (χ2v) is 6.03. The molecule has 0 aromatic heterocycles. The van der Waals surface area contributed by atoms with Crippen LogP contribution in [0.1, 0.15) is 5.56 Å². The predicted octanol–water partition coefficient (Wildman–Crippen LogP) is 4.81. The summed E-state index contributed by atoms with van der Waals surface area (Å²) in [5, 5.41) is 3.34. The Hall–Kier alpha value is -3.14. The summed E-state index contributed by atoms with van der Waals surface area (Å²) in [4.78, 5) is 0. The van der Waals surface area contributed by atoms with Gasteiger partial charge in [-0.25, -0.2) is 0 Å². The summed E-state index contributed by atoms with van der Waals surface area (Å²) in [6.07, 6.45) is 0.904. The zero-order valence-corrected chi connectivity index (χ0v) is 15.6. The fourth-order valence-electron chi connectivity index (χ4n) is 2.69. The summed E-state index contributed by atoms with van der Waals surface area (Å²) in [5.41, 5.74) is 2.32. The Morgan fingerprint density at radius 1 is 0.704 bits per heavy atom. The molecule has 0 heterocycles. The van der Waals surface area contributed by atoms with E-state index in [9.17, 15) is 0 Å². The minimum Gasteiger partial charge on any atom is -0.493 e. The molecule has 0 amide bonds. The summed E-state index contributed by atoms with van der Waals surface area (Å²) >= 11 is 0. The molecule has 4 nitrogen and oxygen atoms in total. The van der Waals surface area contributed by atoms with Gasteiger partial charge in [0.1, 0.15) is 12.4 Å². The van der Waals surface area contributed by atoms with Crippen molar-refractivity contribution < 1.29 is 14.2 Å². The summed E-state index contributed by atoms with van der Waals surface area (Å²) in [6.45, 7) is 1.92. The molecule has 0 atom stereocenters. The maximum atomic E-state index is 5.81. The molecule has 3 aromatic rings. The Morgan fingerprint density at radius 2 is 1.41 bits per heavy atom. The quantitative estimate of drug-likeness (QED) is 0.525. The van der Waals surface area contributed by atoms with Crippen molar-refractivity contribution in [1.82, 2.24) is 0 Å². The molecular formula is C23H25NO3. The number of nitrogens with one attached hydrogen (secondary N) is 1. The highest BCUT2D eigenvalue weighted by atomic mass is 16.5. The molecule has 0 saturated heterocycles. The van der Waals surface area contributed by atoms with Crippen LogP contribution in [0.3, 0.4) is 0 Å². The summed E-state index contributed by atoms with van der Waals surface area (Å²) in [6, 6.07) is 26.0. The highest BCUT2D eigenvalue weighted by Gasteiger charge is 2.02. The van der Waals surface area contributed by atoms with Crippen LogP contribution in [0.5, 0.6) is 17.2 Å². The molecule has 3 rings (SSSR count). The maximum Gasteiger partial charge on any atom is 0.161 e. The van der Waals surface area contributed by atoms with Crippen molar-refractivity contribution >= 4 is 5.69 Å². The normalized spacial score (nSPS) is 10.3. The van der Waals surface area contributed by atoms with Crippen LogP contribution >= 0.6 is 0 Å². The van der Waals surface area contributed by atoms with E-state index in [4.69, 9.17) is 14.2 Å². The number of anilines is 1. The van der Waals surface area contributed by atoms with Gasteiger partial charge in [-0.3, -0.25) is 0 Å². The lowest BCUT2D eigenvalue weighted by atomic mass is 10.2. The van der Waals surface area contributed by atoms with E-state index in [1.54, 1.807) is 7.11 Å². The number of hydrogen-bond donors (Lipinski definition) is 1. The van der Waals surface area contributed by atoms with Crippen molar-refractivity contribution in [1.29, 1.82) is 0 Å². The van der Waals surface area contributed by atoms with Crippen molar-refractivity contribution in [2.24, 2.45) is 0 Å². The van der Waals surface area contributed by atoms with Gasteiger partial charge in [0.25, 0.3) is 0 Å². The highest BCUT2D eigenvalue weighted by Crippen LogP contribution is 2.25. The Kier molecular flexibility index (Phi) is 6.99. The van der Waals surface area contributed by atoms with Gasteiger partial charge in [0.05, 0.1) is 13.7 Å². The second kappa shape index (κ2) is 10.1. The first-order chi connectivity index (χ1) is 13.3. The second-order valence-electron chi connectivity index (χ2n) is 6.03. The first kappa shape index (κ1) is 18.6. The molecule has 0 saturated carbocycles. The van der Waals surface area contributed by atoms with Gasteiger partial charge >= 0.3 is 0 Å². The number of methoxy groups -OCH3 is 1. The van der Waals surface area contributed by atoms with Crippen LogP contribution in [0.2, 0.25) is 0 Å². The molecule has 0 fully saturated rings. The van der Waals surface area contributed by atoms with Crippen molar-refractivity contribution in [3.05, 3.63) is 84.4 Å². The molecule has 0 aliphatic rings. The lowest BCUT2D eigenvalue weighted by molar-refractivity contribution is 0.306.